The summed E-state index contributed by atoms with van der Waals surface area (Å²) in [5.74, 6) is 3.19. The molecule has 0 amide bonds. The molecule has 0 heterocycles. The van der Waals surface area contributed by atoms with Crippen LogP contribution in [-0.4, -0.2) is 28.4 Å². The molecule has 26 heavy (non-hydrogen) atoms. The van der Waals surface area contributed by atoms with E-state index in [1.165, 1.54) is 0 Å². The molecule has 0 spiro atoms. The lowest BCUT2D eigenvalue weighted by Gasteiger charge is -2.13. The molecule has 3 rings (SSSR count). The van der Waals surface area contributed by atoms with Gasteiger partial charge in [-0.05, 0) is 47.5 Å². The second-order valence-electron chi connectivity index (χ2n) is 5.71. The maximum atomic E-state index is 5.49. The van der Waals surface area contributed by atoms with Gasteiger partial charge in [0.2, 0.25) is 0 Å². The fourth-order valence-electron chi connectivity index (χ4n) is 2.91. The van der Waals surface area contributed by atoms with E-state index in [1.807, 2.05) is 36.4 Å². The summed E-state index contributed by atoms with van der Waals surface area (Å²) in [5, 5.41) is 0. The van der Waals surface area contributed by atoms with E-state index in [1.54, 1.807) is 28.4 Å². The number of benzene rings is 3. The second kappa shape index (κ2) is 7.83. The zero-order valence-corrected chi connectivity index (χ0v) is 15.4. The van der Waals surface area contributed by atoms with Crippen molar-refractivity contribution in [2.75, 3.05) is 28.4 Å². The predicted molar refractivity (Wildman–Crippen MR) is 104 cm³/mol. The number of rotatable bonds is 6. The molecule has 4 heteroatoms. The molecule has 3 aromatic carbocycles. The van der Waals surface area contributed by atoms with Crippen LogP contribution in [-0.2, 0) is 0 Å². The van der Waals surface area contributed by atoms with Crippen LogP contribution in [0.2, 0.25) is 0 Å². The monoisotopic (exact) mass is 350 g/mol. The molecule has 0 saturated carbocycles. The van der Waals surface area contributed by atoms with E-state index >= 15 is 0 Å². The maximum absolute atomic E-state index is 5.49. The first-order valence-corrected chi connectivity index (χ1v) is 8.25. The molecule has 0 bridgehead atoms. The van der Waals surface area contributed by atoms with Crippen LogP contribution in [0, 0.1) is 0 Å². The molecule has 0 aromatic heterocycles. The van der Waals surface area contributed by atoms with Gasteiger partial charge >= 0.3 is 0 Å². The van der Waals surface area contributed by atoms with Gasteiger partial charge in [0, 0.05) is 11.1 Å². The highest BCUT2D eigenvalue weighted by molar-refractivity contribution is 5.77. The van der Waals surface area contributed by atoms with Crippen LogP contribution in [0.1, 0.15) is 0 Å². The Morgan fingerprint density at radius 1 is 0.462 bits per heavy atom. The lowest BCUT2D eigenvalue weighted by atomic mass is 9.99. The highest BCUT2D eigenvalue weighted by atomic mass is 16.5. The van der Waals surface area contributed by atoms with Gasteiger partial charge in [0.05, 0.1) is 28.4 Å². The molecular formula is C22H22O4. The van der Waals surface area contributed by atoms with Crippen LogP contribution in [0.3, 0.4) is 0 Å². The average molecular weight is 350 g/mol. The number of hydrogen-bond donors (Lipinski definition) is 0. The highest BCUT2D eigenvalue weighted by Gasteiger charge is 2.11. The zero-order chi connectivity index (χ0) is 18.5. The third-order valence-corrected chi connectivity index (χ3v) is 4.32. The summed E-state index contributed by atoms with van der Waals surface area (Å²) in [6, 6.07) is 19.8. The van der Waals surface area contributed by atoms with Gasteiger partial charge in [-0.15, -0.1) is 0 Å². The molecular weight excluding hydrogens is 328 g/mol. The number of methoxy groups -OCH3 is 4. The third-order valence-electron chi connectivity index (χ3n) is 4.32. The Bertz CT molecular complexity index is 811. The number of hydrogen-bond acceptors (Lipinski definition) is 4. The van der Waals surface area contributed by atoms with Crippen molar-refractivity contribution in [1.82, 2.24) is 0 Å². The molecule has 4 nitrogen and oxygen atoms in total. The van der Waals surface area contributed by atoms with Gasteiger partial charge in [-0.3, -0.25) is 0 Å². The summed E-state index contributed by atoms with van der Waals surface area (Å²) in [6.45, 7) is 0. The Labute approximate surface area is 153 Å². The topological polar surface area (TPSA) is 36.9 Å². The smallest absolute Gasteiger partial charge is 0.126 e. The van der Waals surface area contributed by atoms with E-state index in [9.17, 15) is 0 Å². The molecule has 0 aliphatic heterocycles. The molecule has 0 radical (unpaired) electrons. The van der Waals surface area contributed by atoms with Crippen molar-refractivity contribution in [2.24, 2.45) is 0 Å². The molecule has 0 fully saturated rings. The third kappa shape index (κ3) is 3.45. The largest absolute Gasteiger partial charge is 0.497 e. The quantitative estimate of drug-likeness (QED) is 0.623. The first kappa shape index (κ1) is 17.7. The van der Waals surface area contributed by atoms with Crippen LogP contribution in [0.4, 0.5) is 0 Å². The van der Waals surface area contributed by atoms with Gasteiger partial charge in [-0.25, -0.2) is 0 Å². The van der Waals surface area contributed by atoms with Crippen LogP contribution in [0.25, 0.3) is 22.3 Å². The van der Waals surface area contributed by atoms with Gasteiger partial charge < -0.3 is 18.9 Å². The van der Waals surface area contributed by atoms with E-state index in [-0.39, 0.29) is 0 Å². The summed E-state index contributed by atoms with van der Waals surface area (Å²) < 4.78 is 21.7. The van der Waals surface area contributed by atoms with Crippen LogP contribution < -0.4 is 18.9 Å². The average Bonchev–Trinajstić information content (AvgIpc) is 2.72. The van der Waals surface area contributed by atoms with Gasteiger partial charge in [0.1, 0.15) is 23.0 Å². The fourth-order valence-corrected chi connectivity index (χ4v) is 2.91. The SMILES string of the molecule is COc1ccc(OC)c(-c2ccc(-c3cc(OC)ccc3OC)cc2)c1. The van der Waals surface area contributed by atoms with Crippen molar-refractivity contribution in [1.29, 1.82) is 0 Å². The molecule has 134 valence electrons. The van der Waals surface area contributed by atoms with Crippen molar-refractivity contribution in [3.05, 3.63) is 60.7 Å². The van der Waals surface area contributed by atoms with Crippen molar-refractivity contribution >= 4 is 0 Å². The van der Waals surface area contributed by atoms with Crippen LogP contribution in [0.5, 0.6) is 23.0 Å². The highest BCUT2D eigenvalue weighted by Crippen LogP contribution is 2.37. The van der Waals surface area contributed by atoms with Crippen molar-refractivity contribution < 1.29 is 18.9 Å². The first-order chi connectivity index (χ1) is 12.7. The Hall–Kier alpha value is -3.14. The van der Waals surface area contributed by atoms with E-state index in [4.69, 9.17) is 18.9 Å². The summed E-state index contributed by atoms with van der Waals surface area (Å²) in [5.41, 5.74) is 4.06. The Morgan fingerprint density at radius 3 is 1.15 bits per heavy atom. The first-order valence-electron chi connectivity index (χ1n) is 8.25. The minimum atomic E-state index is 0.791. The van der Waals surface area contributed by atoms with Crippen molar-refractivity contribution in [2.45, 2.75) is 0 Å². The van der Waals surface area contributed by atoms with Crippen molar-refractivity contribution in [3.8, 4) is 45.3 Å². The summed E-state index contributed by atoms with van der Waals surface area (Å²) in [4.78, 5) is 0. The van der Waals surface area contributed by atoms with Gasteiger partial charge in [-0.2, -0.15) is 0 Å². The number of ether oxygens (including phenoxy) is 4. The fraction of sp³-hybridized carbons (Fsp3) is 0.182. The molecule has 0 atom stereocenters. The predicted octanol–water partition coefficient (Wildman–Crippen LogP) is 5.06. The van der Waals surface area contributed by atoms with Crippen LogP contribution >= 0.6 is 0 Å². The lowest BCUT2D eigenvalue weighted by molar-refractivity contribution is 0.404. The van der Waals surface area contributed by atoms with Crippen LogP contribution in [0.15, 0.2) is 60.7 Å². The lowest BCUT2D eigenvalue weighted by Crippen LogP contribution is -1.92. The summed E-state index contributed by atoms with van der Waals surface area (Å²) >= 11 is 0. The molecule has 0 unspecified atom stereocenters. The van der Waals surface area contributed by atoms with E-state index in [0.29, 0.717) is 0 Å². The molecule has 0 saturated heterocycles. The second-order valence-corrected chi connectivity index (χ2v) is 5.71. The standard InChI is InChI=1S/C22H22O4/c1-23-17-9-11-21(25-3)19(13-17)15-5-7-16(8-6-15)20-14-18(24-2)10-12-22(20)26-4/h5-14H,1-4H3. The summed E-state index contributed by atoms with van der Waals surface area (Å²) in [6.07, 6.45) is 0. The summed E-state index contributed by atoms with van der Waals surface area (Å²) in [7, 11) is 6.65. The molecule has 0 aliphatic rings. The van der Waals surface area contributed by atoms with Crippen molar-refractivity contribution in [3.63, 3.8) is 0 Å². The van der Waals surface area contributed by atoms with E-state index in [2.05, 4.69) is 24.3 Å². The Balaban J connectivity index is 2.02. The zero-order valence-electron chi connectivity index (χ0n) is 15.4. The molecule has 0 N–H and O–H groups in total. The van der Waals surface area contributed by atoms with Gasteiger partial charge in [-0.1, -0.05) is 24.3 Å². The van der Waals surface area contributed by atoms with Gasteiger partial charge in [0.25, 0.3) is 0 Å². The van der Waals surface area contributed by atoms with E-state index in [0.717, 1.165) is 45.3 Å². The normalized spacial score (nSPS) is 10.3. The minimum Gasteiger partial charge on any atom is -0.497 e. The molecule has 0 aliphatic carbocycles. The Morgan fingerprint density at radius 2 is 0.846 bits per heavy atom. The van der Waals surface area contributed by atoms with E-state index < -0.39 is 0 Å². The molecule has 3 aromatic rings. The Kier molecular flexibility index (Phi) is 5.32. The van der Waals surface area contributed by atoms with Gasteiger partial charge in [0.15, 0.2) is 0 Å². The minimum absolute atomic E-state index is 0.791. The maximum Gasteiger partial charge on any atom is 0.126 e.